The topological polar surface area (TPSA) is 35.1 Å². The fraction of sp³-hybridized carbons (Fsp3) is 0.412. The van der Waals surface area contributed by atoms with E-state index in [1.165, 1.54) is 12.8 Å². The van der Waals surface area contributed by atoms with Crippen molar-refractivity contribution in [1.29, 1.82) is 0 Å². The van der Waals surface area contributed by atoms with Crippen molar-refractivity contribution < 1.29 is 14.8 Å². The van der Waals surface area contributed by atoms with Crippen LogP contribution < -0.4 is 10.1 Å². The number of fused-ring (bicyclic) bond motifs is 1. The monoisotopic (exact) mass is 306 g/mol. The molecule has 0 spiro atoms. The van der Waals surface area contributed by atoms with Crippen molar-refractivity contribution in [3.63, 3.8) is 0 Å². The number of nitrogens with two attached hydrogens (primary N) is 1. The lowest BCUT2D eigenvalue weighted by Crippen LogP contribution is -2.87. The number of quaternary nitrogens is 1. The van der Waals surface area contributed by atoms with Crippen LogP contribution in [0.5, 0.6) is 5.75 Å². The molecule has 3 rings (SSSR count). The molecule has 3 nitrogen and oxygen atoms in total. The van der Waals surface area contributed by atoms with E-state index in [1.54, 1.807) is 0 Å². The van der Waals surface area contributed by atoms with Crippen LogP contribution in [0, 0.1) is 0 Å². The second kappa shape index (κ2) is 7.12. The van der Waals surface area contributed by atoms with Gasteiger partial charge < -0.3 is 14.8 Å². The van der Waals surface area contributed by atoms with Crippen molar-refractivity contribution in [3.8, 4) is 5.75 Å². The number of halogens is 1. The lowest BCUT2D eigenvalue weighted by atomic mass is 10.1. The lowest BCUT2D eigenvalue weighted by Gasteiger charge is -2.11. The zero-order valence-corrected chi connectivity index (χ0v) is 12.8. The van der Waals surface area contributed by atoms with E-state index in [0.29, 0.717) is 12.7 Å². The van der Waals surface area contributed by atoms with Crippen molar-refractivity contribution in [1.82, 2.24) is 0 Å². The minimum Gasteiger partial charge on any atom is -0.487 e. The van der Waals surface area contributed by atoms with Crippen LogP contribution in [0.1, 0.15) is 12.8 Å². The molecule has 21 heavy (non-hydrogen) atoms. The molecule has 0 aromatic heterocycles. The van der Waals surface area contributed by atoms with Gasteiger partial charge >= 0.3 is 0 Å². The van der Waals surface area contributed by atoms with Crippen LogP contribution in [0.2, 0.25) is 5.02 Å². The second-order valence-corrected chi connectivity index (χ2v) is 5.79. The van der Waals surface area contributed by atoms with Gasteiger partial charge in [0.05, 0.1) is 0 Å². The van der Waals surface area contributed by atoms with Crippen molar-refractivity contribution in [3.05, 3.63) is 41.4 Å². The van der Waals surface area contributed by atoms with Gasteiger partial charge in [-0.15, -0.1) is 0 Å². The van der Waals surface area contributed by atoms with Crippen LogP contribution in [0.25, 0.3) is 10.8 Å². The first-order valence-electron chi connectivity index (χ1n) is 7.58. The van der Waals surface area contributed by atoms with Crippen molar-refractivity contribution in [2.45, 2.75) is 18.9 Å². The summed E-state index contributed by atoms with van der Waals surface area (Å²) in [6, 6.07) is 11.9. The maximum atomic E-state index is 6.21. The molecule has 1 saturated heterocycles. The standard InChI is InChI=1S/C17H20ClNO2/c18-16-7-8-17(15-6-2-1-5-14(15)16)21-11-9-19-12-13-4-3-10-20-13/h1-2,5-8,13,19H,3-4,9-12H2/p+1/t13-/m1/s1. The highest BCUT2D eigenvalue weighted by molar-refractivity contribution is 6.35. The normalized spacial score (nSPS) is 18.2. The number of rotatable bonds is 6. The molecule has 112 valence electrons. The van der Waals surface area contributed by atoms with Gasteiger partial charge in [-0.25, -0.2) is 0 Å². The van der Waals surface area contributed by atoms with Gasteiger partial charge in [0, 0.05) is 22.4 Å². The molecule has 0 aliphatic carbocycles. The predicted molar refractivity (Wildman–Crippen MR) is 85.1 cm³/mol. The molecule has 0 unspecified atom stereocenters. The summed E-state index contributed by atoms with van der Waals surface area (Å²) in [5, 5.41) is 5.15. The maximum Gasteiger partial charge on any atom is 0.137 e. The first-order valence-corrected chi connectivity index (χ1v) is 7.96. The SMILES string of the molecule is Clc1ccc(OCC[NH2+]C[C@H]2CCCO2)c2ccccc12. The quantitative estimate of drug-likeness (QED) is 0.833. The molecule has 1 fully saturated rings. The zero-order valence-electron chi connectivity index (χ0n) is 12.1. The van der Waals surface area contributed by atoms with Gasteiger partial charge in [0.15, 0.2) is 0 Å². The molecule has 1 atom stereocenters. The first-order chi connectivity index (χ1) is 10.3. The fourth-order valence-corrected chi connectivity index (χ4v) is 2.97. The van der Waals surface area contributed by atoms with Crippen LogP contribution >= 0.6 is 11.6 Å². The van der Waals surface area contributed by atoms with E-state index in [2.05, 4.69) is 5.32 Å². The summed E-state index contributed by atoms with van der Waals surface area (Å²) in [4.78, 5) is 0. The summed E-state index contributed by atoms with van der Waals surface area (Å²) in [5.41, 5.74) is 0. The van der Waals surface area contributed by atoms with Gasteiger partial charge in [0.2, 0.25) is 0 Å². The molecule has 2 aromatic rings. The van der Waals surface area contributed by atoms with E-state index >= 15 is 0 Å². The molecule has 1 aliphatic rings. The number of hydrogen-bond donors (Lipinski definition) is 1. The molecular formula is C17H21ClNO2+. The highest BCUT2D eigenvalue weighted by Gasteiger charge is 2.16. The summed E-state index contributed by atoms with van der Waals surface area (Å²) >= 11 is 6.21. The first kappa shape index (κ1) is 14.6. The molecule has 2 N–H and O–H groups in total. The molecular weight excluding hydrogens is 286 g/mol. The minimum absolute atomic E-state index is 0.432. The average molecular weight is 307 g/mol. The Morgan fingerprint density at radius 1 is 1.19 bits per heavy atom. The molecule has 0 amide bonds. The van der Waals surface area contributed by atoms with Gasteiger partial charge in [-0.2, -0.15) is 0 Å². The second-order valence-electron chi connectivity index (χ2n) is 5.39. The summed E-state index contributed by atoms with van der Waals surface area (Å²) < 4.78 is 11.5. The Bertz CT molecular complexity index is 596. The van der Waals surface area contributed by atoms with Crippen LogP contribution in [-0.4, -0.2) is 32.4 Å². The number of benzene rings is 2. The average Bonchev–Trinajstić information content (AvgIpc) is 3.03. The van der Waals surface area contributed by atoms with E-state index < -0.39 is 0 Å². The van der Waals surface area contributed by atoms with Crippen LogP contribution in [-0.2, 0) is 4.74 Å². The smallest absolute Gasteiger partial charge is 0.137 e. The number of hydrogen-bond acceptors (Lipinski definition) is 2. The Balaban J connectivity index is 1.52. The third-order valence-electron chi connectivity index (χ3n) is 3.86. The molecule has 2 aromatic carbocycles. The highest BCUT2D eigenvalue weighted by Crippen LogP contribution is 2.31. The van der Waals surface area contributed by atoms with E-state index in [0.717, 1.165) is 41.2 Å². The molecule has 4 heteroatoms. The van der Waals surface area contributed by atoms with Crippen LogP contribution in [0.15, 0.2) is 36.4 Å². The Morgan fingerprint density at radius 2 is 2.05 bits per heavy atom. The van der Waals surface area contributed by atoms with Crippen molar-refractivity contribution in [2.24, 2.45) is 0 Å². The number of ether oxygens (including phenoxy) is 2. The summed E-state index contributed by atoms with van der Waals surface area (Å²) in [5.74, 6) is 0.903. The summed E-state index contributed by atoms with van der Waals surface area (Å²) in [6.07, 6.45) is 2.83. The van der Waals surface area contributed by atoms with Crippen molar-refractivity contribution >= 4 is 22.4 Å². The lowest BCUT2D eigenvalue weighted by molar-refractivity contribution is -0.661. The Hall–Kier alpha value is -1.29. The molecule has 0 bridgehead atoms. The third kappa shape index (κ3) is 3.67. The highest BCUT2D eigenvalue weighted by atomic mass is 35.5. The zero-order chi connectivity index (χ0) is 14.5. The largest absolute Gasteiger partial charge is 0.487 e. The van der Waals surface area contributed by atoms with E-state index in [-0.39, 0.29) is 0 Å². The molecule has 0 radical (unpaired) electrons. The van der Waals surface area contributed by atoms with Crippen molar-refractivity contribution in [2.75, 3.05) is 26.3 Å². The van der Waals surface area contributed by atoms with Crippen LogP contribution in [0.3, 0.4) is 0 Å². The van der Waals surface area contributed by atoms with E-state index in [9.17, 15) is 0 Å². The van der Waals surface area contributed by atoms with Crippen LogP contribution in [0.4, 0.5) is 0 Å². The third-order valence-corrected chi connectivity index (χ3v) is 4.19. The maximum absolute atomic E-state index is 6.21. The molecule has 0 saturated carbocycles. The molecule has 1 aliphatic heterocycles. The van der Waals surface area contributed by atoms with E-state index in [4.69, 9.17) is 21.1 Å². The van der Waals surface area contributed by atoms with Gasteiger partial charge in [-0.05, 0) is 25.0 Å². The van der Waals surface area contributed by atoms with Gasteiger partial charge in [0.1, 0.15) is 31.5 Å². The Morgan fingerprint density at radius 3 is 2.86 bits per heavy atom. The Kier molecular flexibility index (Phi) is 4.96. The van der Waals surface area contributed by atoms with E-state index in [1.807, 2.05) is 36.4 Å². The molecule has 1 heterocycles. The minimum atomic E-state index is 0.432. The summed E-state index contributed by atoms with van der Waals surface area (Å²) in [7, 11) is 0. The van der Waals surface area contributed by atoms with Gasteiger partial charge in [0.25, 0.3) is 0 Å². The summed E-state index contributed by atoms with van der Waals surface area (Å²) in [6.45, 7) is 3.59. The Labute approximate surface area is 130 Å². The fourth-order valence-electron chi connectivity index (χ4n) is 2.75. The van der Waals surface area contributed by atoms with Gasteiger partial charge in [-0.3, -0.25) is 0 Å². The van der Waals surface area contributed by atoms with Gasteiger partial charge in [-0.1, -0.05) is 35.9 Å². The predicted octanol–water partition coefficient (Wildman–Crippen LogP) is 2.61.